The fraction of sp³-hybridized carbons (Fsp3) is 0.500. The zero-order valence-electron chi connectivity index (χ0n) is 11.3. The maximum absolute atomic E-state index is 12.3. The van der Waals surface area contributed by atoms with Gasteiger partial charge in [0.1, 0.15) is 0 Å². The van der Waals surface area contributed by atoms with Crippen LogP contribution < -0.4 is 9.50 Å². The molecule has 0 spiro atoms. The molecule has 0 unspecified atom stereocenters. The Balaban J connectivity index is 2.55. The highest BCUT2D eigenvalue weighted by molar-refractivity contribution is 7.81. The van der Waals surface area contributed by atoms with E-state index in [1.807, 2.05) is 0 Å². The molecule has 0 aliphatic rings. The van der Waals surface area contributed by atoms with E-state index in [1.54, 1.807) is 0 Å². The lowest BCUT2D eigenvalue weighted by molar-refractivity contribution is -0.116. The third-order valence-electron chi connectivity index (χ3n) is 2.38. The smallest absolute Gasteiger partial charge is 0.357 e. The number of halogens is 1. The number of pyridine rings is 1. The molecule has 8 heteroatoms. The summed E-state index contributed by atoms with van der Waals surface area (Å²) < 4.78 is 37.0. The van der Waals surface area contributed by atoms with E-state index in [-0.39, 0.29) is 17.3 Å². The van der Waals surface area contributed by atoms with E-state index in [1.165, 1.54) is 12.3 Å². The van der Waals surface area contributed by atoms with Gasteiger partial charge in [0.05, 0.1) is 18.1 Å². The summed E-state index contributed by atoms with van der Waals surface area (Å²) in [5, 5.41) is 2.54. The molecule has 0 aromatic carbocycles. The quantitative estimate of drug-likeness (QED) is 0.782. The fourth-order valence-electron chi connectivity index (χ4n) is 1.54. The molecule has 0 saturated carbocycles. The Morgan fingerprint density at radius 2 is 2.15 bits per heavy atom. The molecule has 0 aliphatic heterocycles. The van der Waals surface area contributed by atoms with Gasteiger partial charge in [-0.1, -0.05) is 24.2 Å². The van der Waals surface area contributed by atoms with Crippen molar-refractivity contribution in [1.29, 1.82) is 0 Å². The molecule has 20 heavy (non-hydrogen) atoms. The Labute approximate surface area is 117 Å². The second-order valence-corrected chi connectivity index (χ2v) is 5.67. The summed E-state index contributed by atoms with van der Waals surface area (Å²) in [4.78, 5) is 15.3. The fourth-order valence-corrected chi connectivity index (χ4v) is 1.86. The molecule has 1 aromatic rings. The minimum atomic E-state index is -5.10. The van der Waals surface area contributed by atoms with Gasteiger partial charge in [-0.3, -0.25) is 9.78 Å². The van der Waals surface area contributed by atoms with E-state index in [4.69, 9.17) is 0 Å². The highest BCUT2D eigenvalue weighted by Gasteiger charge is 2.11. The zero-order chi connectivity index (χ0) is 15.2. The van der Waals surface area contributed by atoms with Gasteiger partial charge < -0.3 is 9.50 Å². The summed E-state index contributed by atoms with van der Waals surface area (Å²) in [7, 11) is -5.10. The maximum atomic E-state index is 12.3. The van der Waals surface area contributed by atoms with Crippen LogP contribution in [0.25, 0.3) is 0 Å². The van der Waals surface area contributed by atoms with E-state index in [2.05, 4.69) is 28.3 Å². The molecule has 0 aliphatic carbocycles. The number of hydrogen-bond donors (Lipinski definition) is 1. The molecule has 1 amide bonds. The number of amides is 1. The van der Waals surface area contributed by atoms with Gasteiger partial charge in [-0.2, -0.15) is 8.42 Å². The van der Waals surface area contributed by atoms with Crippen LogP contribution in [0.3, 0.4) is 0 Å². The van der Waals surface area contributed by atoms with Crippen LogP contribution in [0.4, 0.5) is 9.57 Å². The van der Waals surface area contributed by atoms with Crippen molar-refractivity contribution < 1.29 is 21.3 Å². The van der Waals surface area contributed by atoms with Crippen molar-refractivity contribution in [3.8, 4) is 5.75 Å². The van der Waals surface area contributed by atoms with Crippen molar-refractivity contribution in [3.63, 3.8) is 0 Å². The van der Waals surface area contributed by atoms with Crippen LogP contribution >= 0.6 is 0 Å². The number of anilines is 1. The summed E-state index contributed by atoms with van der Waals surface area (Å²) in [5.41, 5.74) is 0.251. The Hall–Kier alpha value is -1.70. The zero-order valence-corrected chi connectivity index (χ0v) is 12.1. The molecule has 0 fully saturated rings. The lowest BCUT2D eigenvalue weighted by Gasteiger charge is -2.07. The van der Waals surface area contributed by atoms with Crippen molar-refractivity contribution in [1.82, 2.24) is 4.98 Å². The van der Waals surface area contributed by atoms with Crippen LogP contribution in [-0.4, -0.2) is 19.3 Å². The van der Waals surface area contributed by atoms with Gasteiger partial charge in [-0.05, 0) is 12.3 Å². The molecule has 0 radical (unpaired) electrons. The van der Waals surface area contributed by atoms with Crippen LogP contribution in [-0.2, 0) is 15.3 Å². The van der Waals surface area contributed by atoms with Crippen LogP contribution in [0.5, 0.6) is 5.75 Å². The van der Waals surface area contributed by atoms with E-state index in [9.17, 15) is 17.1 Å². The summed E-state index contributed by atoms with van der Waals surface area (Å²) in [6.07, 6.45) is 4.40. The molecular weight excluding hydrogens is 287 g/mol. The third kappa shape index (κ3) is 7.03. The molecule has 112 valence electrons. The van der Waals surface area contributed by atoms with Crippen molar-refractivity contribution >= 4 is 22.1 Å². The van der Waals surface area contributed by atoms with Gasteiger partial charge in [0.2, 0.25) is 5.91 Å². The number of nitrogens with one attached hydrogen (secondary N) is 1. The van der Waals surface area contributed by atoms with Crippen LogP contribution in [0.15, 0.2) is 18.5 Å². The lowest BCUT2D eigenvalue weighted by Crippen LogP contribution is -2.12. The van der Waals surface area contributed by atoms with E-state index in [0.29, 0.717) is 12.3 Å². The topological polar surface area (TPSA) is 85.4 Å². The van der Waals surface area contributed by atoms with Crippen LogP contribution in [0.1, 0.15) is 33.1 Å². The van der Waals surface area contributed by atoms with Crippen molar-refractivity contribution in [2.24, 2.45) is 5.92 Å². The first-order valence-corrected chi connectivity index (χ1v) is 7.46. The number of carbonyl (C=O) groups is 1. The number of carbonyl (C=O) groups excluding carboxylic acids is 1. The minimum Gasteiger partial charge on any atom is -0.357 e. The van der Waals surface area contributed by atoms with Crippen LogP contribution in [0.2, 0.25) is 0 Å². The first-order chi connectivity index (χ1) is 9.26. The van der Waals surface area contributed by atoms with Crippen molar-refractivity contribution in [3.05, 3.63) is 18.5 Å². The predicted molar refractivity (Wildman–Crippen MR) is 72.2 cm³/mol. The summed E-state index contributed by atoms with van der Waals surface area (Å²) in [6.45, 7) is 4.14. The molecule has 0 bridgehead atoms. The molecule has 1 heterocycles. The van der Waals surface area contributed by atoms with E-state index in [0.717, 1.165) is 19.0 Å². The highest BCUT2D eigenvalue weighted by Crippen LogP contribution is 2.18. The third-order valence-corrected chi connectivity index (χ3v) is 2.77. The maximum Gasteiger partial charge on any atom is 0.488 e. The largest absolute Gasteiger partial charge is 0.488 e. The monoisotopic (exact) mass is 304 g/mol. The first kappa shape index (κ1) is 16.4. The van der Waals surface area contributed by atoms with Gasteiger partial charge in [0, 0.05) is 12.5 Å². The average Bonchev–Trinajstić information content (AvgIpc) is 2.26. The van der Waals surface area contributed by atoms with Gasteiger partial charge in [-0.25, -0.2) is 0 Å². The van der Waals surface area contributed by atoms with E-state index >= 15 is 0 Å². The molecular formula is C12H17FN2O4S. The normalized spacial score (nSPS) is 11.4. The Morgan fingerprint density at radius 1 is 1.45 bits per heavy atom. The van der Waals surface area contributed by atoms with E-state index < -0.39 is 10.5 Å². The van der Waals surface area contributed by atoms with Gasteiger partial charge in [-0.15, -0.1) is 0 Å². The van der Waals surface area contributed by atoms with Gasteiger partial charge >= 0.3 is 10.5 Å². The first-order valence-electron chi connectivity index (χ1n) is 6.15. The number of hydrogen-bond acceptors (Lipinski definition) is 5. The SMILES string of the molecule is CC(C)CCCC(=O)Nc1cncc(OS(=O)(=O)F)c1. The summed E-state index contributed by atoms with van der Waals surface area (Å²) >= 11 is 0. The van der Waals surface area contributed by atoms with Gasteiger partial charge in [0.15, 0.2) is 5.75 Å². The second-order valence-electron chi connectivity index (χ2n) is 4.72. The second kappa shape index (κ2) is 7.18. The van der Waals surface area contributed by atoms with Crippen molar-refractivity contribution in [2.45, 2.75) is 33.1 Å². The molecule has 6 nitrogen and oxygen atoms in total. The molecule has 0 atom stereocenters. The predicted octanol–water partition coefficient (Wildman–Crippen LogP) is 2.44. The Morgan fingerprint density at radius 3 is 2.75 bits per heavy atom. The molecule has 1 rings (SSSR count). The average molecular weight is 304 g/mol. The number of nitrogens with zero attached hydrogens (tertiary/aromatic N) is 1. The summed E-state index contributed by atoms with van der Waals surface area (Å²) in [6, 6.07) is 1.18. The lowest BCUT2D eigenvalue weighted by atomic mass is 10.1. The highest BCUT2D eigenvalue weighted by atomic mass is 32.3. The minimum absolute atomic E-state index is 0.215. The van der Waals surface area contributed by atoms with Gasteiger partial charge in [0.25, 0.3) is 0 Å². The number of aromatic nitrogens is 1. The standard InChI is InChI=1S/C12H17FN2O4S/c1-9(2)4-3-5-12(16)15-10-6-11(8-14-7-10)19-20(13,17)18/h6-9H,3-5H2,1-2H3,(H,15,16). The summed E-state index contributed by atoms with van der Waals surface area (Å²) in [5.74, 6) is 0.0103. The van der Waals surface area contributed by atoms with Crippen LogP contribution in [0, 0.1) is 5.92 Å². The van der Waals surface area contributed by atoms with Crippen molar-refractivity contribution in [2.75, 3.05) is 5.32 Å². The Bertz CT molecular complexity index is 560. The molecule has 0 saturated heterocycles. The Kier molecular flexibility index (Phi) is 5.87. The molecule has 1 N–H and O–H groups in total. The number of rotatable bonds is 7. The molecule has 1 aromatic heterocycles.